The maximum atomic E-state index is 12.9. The molecule has 2 atom stereocenters. The van der Waals surface area contributed by atoms with Crippen molar-refractivity contribution in [2.75, 3.05) is 13.2 Å². The molecule has 2 aromatic rings. The van der Waals surface area contributed by atoms with Gasteiger partial charge in [-0.3, -0.25) is 20.4 Å². The molecule has 4 rings (SSSR count). The third-order valence-electron chi connectivity index (χ3n) is 5.57. The number of piperidine rings is 1. The summed E-state index contributed by atoms with van der Waals surface area (Å²) < 4.78 is 38.4. The lowest BCUT2D eigenvalue weighted by Crippen LogP contribution is -2.50. The average molecular weight is 460 g/mol. The van der Waals surface area contributed by atoms with E-state index in [4.69, 9.17) is 9.47 Å². The van der Waals surface area contributed by atoms with Gasteiger partial charge in [-0.15, -0.1) is 0 Å². The first-order valence-electron chi connectivity index (χ1n) is 10.5. The zero-order valence-electron chi connectivity index (χ0n) is 17.6. The van der Waals surface area contributed by atoms with E-state index in [0.29, 0.717) is 18.0 Å². The van der Waals surface area contributed by atoms with Crippen LogP contribution in [0.3, 0.4) is 0 Å². The number of hydrogen-bond donors (Lipinski definition) is 2. The molecule has 0 bridgehead atoms. The van der Waals surface area contributed by atoms with Gasteiger partial charge in [0.2, 0.25) is 16.1 Å². The van der Waals surface area contributed by atoms with Gasteiger partial charge in [-0.1, -0.05) is 18.6 Å². The number of ether oxygens (including phenoxy) is 2. The maximum Gasteiger partial charge on any atom is 0.283 e. The van der Waals surface area contributed by atoms with Crippen molar-refractivity contribution in [3.8, 4) is 11.5 Å². The maximum absolute atomic E-state index is 12.9. The highest BCUT2D eigenvalue weighted by Gasteiger charge is 2.31. The van der Waals surface area contributed by atoms with Crippen molar-refractivity contribution in [2.45, 2.75) is 43.2 Å². The van der Waals surface area contributed by atoms with E-state index in [1.54, 1.807) is 24.3 Å². The first-order chi connectivity index (χ1) is 15.4. The Morgan fingerprint density at radius 2 is 1.72 bits per heavy atom. The van der Waals surface area contributed by atoms with Gasteiger partial charge in [0.05, 0.1) is 4.90 Å². The molecule has 9 nitrogen and oxygen atoms in total. The number of carbonyl (C=O) groups excluding carboxylic acids is 2. The molecular formula is C22H25N3O6S. The van der Waals surface area contributed by atoms with Gasteiger partial charge >= 0.3 is 0 Å². The van der Waals surface area contributed by atoms with Gasteiger partial charge in [0, 0.05) is 18.2 Å². The number of benzene rings is 2. The number of nitrogens with one attached hydrogen (secondary N) is 2. The summed E-state index contributed by atoms with van der Waals surface area (Å²) in [6.07, 6.45) is 1.78. The average Bonchev–Trinajstić information content (AvgIpc) is 2.82. The zero-order chi connectivity index (χ0) is 22.7. The van der Waals surface area contributed by atoms with E-state index < -0.39 is 27.9 Å². The molecule has 2 N–H and O–H groups in total. The van der Waals surface area contributed by atoms with Gasteiger partial charge < -0.3 is 9.47 Å². The van der Waals surface area contributed by atoms with Crippen molar-refractivity contribution in [3.05, 3.63) is 54.1 Å². The van der Waals surface area contributed by atoms with Gasteiger partial charge in [0.15, 0.2) is 11.5 Å². The lowest BCUT2D eigenvalue weighted by Gasteiger charge is -2.32. The summed E-state index contributed by atoms with van der Waals surface area (Å²) in [5, 5.41) is 0. The third kappa shape index (κ3) is 4.56. The van der Waals surface area contributed by atoms with Crippen molar-refractivity contribution in [3.63, 3.8) is 0 Å². The number of nitrogens with zero attached hydrogens (tertiary/aromatic N) is 1. The first kappa shape index (κ1) is 22.1. The van der Waals surface area contributed by atoms with Crippen LogP contribution in [0.2, 0.25) is 0 Å². The molecule has 2 amide bonds. The highest BCUT2D eigenvalue weighted by Crippen LogP contribution is 2.30. The fraction of sp³-hybridized carbons (Fsp3) is 0.364. The predicted molar refractivity (Wildman–Crippen MR) is 116 cm³/mol. The zero-order valence-corrected chi connectivity index (χ0v) is 18.4. The molecule has 2 aliphatic heterocycles. The van der Waals surface area contributed by atoms with Gasteiger partial charge in [0.25, 0.3) is 11.8 Å². The van der Waals surface area contributed by atoms with Crippen LogP contribution in [0.5, 0.6) is 11.5 Å². The molecule has 0 saturated carbocycles. The molecule has 170 valence electrons. The summed E-state index contributed by atoms with van der Waals surface area (Å²) in [6, 6.07) is 12.6. The molecule has 2 heterocycles. The largest absolute Gasteiger partial charge is 0.485 e. The molecule has 32 heavy (non-hydrogen) atoms. The van der Waals surface area contributed by atoms with E-state index in [1.165, 1.54) is 28.6 Å². The van der Waals surface area contributed by atoms with Crippen LogP contribution in [-0.2, 0) is 14.8 Å². The Hall–Kier alpha value is -3.11. The standard InChI is InChI=1S/C22H25N3O6S/c1-15-6-4-5-13-25(15)32(28,29)17-11-9-16(10-12-17)21(26)23-24-22(27)20-14-30-18-7-2-3-8-19(18)31-20/h2-3,7-12,15,20H,4-6,13-14H2,1H3,(H,23,26)(H,24,27). The Kier molecular flexibility index (Phi) is 6.33. The number of fused-ring (bicyclic) bond motifs is 1. The van der Waals surface area contributed by atoms with Crippen LogP contribution in [0, 0.1) is 0 Å². The van der Waals surface area contributed by atoms with Crippen LogP contribution in [-0.4, -0.2) is 49.8 Å². The fourth-order valence-electron chi connectivity index (χ4n) is 3.76. The molecule has 0 aromatic heterocycles. The number of para-hydroxylation sites is 2. The number of hydrogen-bond acceptors (Lipinski definition) is 6. The van der Waals surface area contributed by atoms with Crippen LogP contribution >= 0.6 is 0 Å². The summed E-state index contributed by atoms with van der Waals surface area (Å²) in [7, 11) is -3.62. The molecule has 2 unspecified atom stereocenters. The van der Waals surface area contributed by atoms with E-state index >= 15 is 0 Å². The van der Waals surface area contributed by atoms with E-state index in [1.807, 2.05) is 6.92 Å². The van der Waals surface area contributed by atoms with E-state index in [0.717, 1.165) is 19.3 Å². The SMILES string of the molecule is CC1CCCCN1S(=O)(=O)c1ccc(C(=O)NNC(=O)C2COc3ccccc3O2)cc1. The summed E-state index contributed by atoms with van der Waals surface area (Å²) >= 11 is 0. The number of sulfonamides is 1. The minimum Gasteiger partial charge on any atom is -0.485 e. The minimum absolute atomic E-state index is 0.0141. The molecule has 1 fully saturated rings. The number of hydrazine groups is 1. The fourth-order valence-corrected chi connectivity index (χ4v) is 5.46. The molecular weight excluding hydrogens is 434 g/mol. The van der Waals surface area contributed by atoms with Gasteiger partial charge in [-0.25, -0.2) is 8.42 Å². The summed E-state index contributed by atoms with van der Waals surface area (Å²) in [5.41, 5.74) is 4.84. The van der Waals surface area contributed by atoms with Crippen molar-refractivity contribution in [1.29, 1.82) is 0 Å². The van der Waals surface area contributed by atoms with Crippen LogP contribution in [0.4, 0.5) is 0 Å². The highest BCUT2D eigenvalue weighted by molar-refractivity contribution is 7.89. The van der Waals surface area contributed by atoms with Crippen LogP contribution in [0.25, 0.3) is 0 Å². The Labute approximate surface area is 186 Å². The minimum atomic E-state index is -3.62. The smallest absolute Gasteiger partial charge is 0.283 e. The molecule has 2 aromatic carbocycles. The number of amides is 2. The van der Waals surface area contributed by atoms with Crippen molar-refractivity contribution >= 4 is 21.8 Å². The normalized spacial score (nSPS) is 20.9. The highest BCUT2D eigenvalue weighted by atomic mass is 32.2. The quantitative estimate of drug-likeness (QED) is 0.675. The van der Waals surface area contributed by atoms with Gasteiger partial charge in [-0.05, 0) is 56.2 Å². The summed E-state index contributed by atoms with van der Waals surface area (Å²) in [6.45, 7) is 2.41. The second-order valence-electron chi connectivity index (χ2n) is 7.79. The molecule has 0 aliphatic carbocycles. The van der Waals surface area contributed by atoms with Crippen LogP contribution in [0.15, 0.2) is 53.4 Å². The second kappa shape index (κ2) is 9.17. The van der Waals surface area contributed by atoms with Gasteiger partial charge in [0.1, 0.15) is 6.61 Å². The topological polar surface area (TPSA) is 114 Å². The Bertz CT molecular complexity index is 1100. The van der Waals surface area contributed by atoms with E-state index in [2.05, 4.69) is 10.9 Å². The monoisotopic (exact) mass is 459 g/mol. The van der Waals surface area contributed by atoms with Gasteiger partial charge in [-0.2, -0.15) is 4.31 Å². The Morgan fingerprint density at radius 1 is 1.00 bits per heavy atom. The van der Waals surface area contributed by atoms with Crippen molar-refractivity contribution in [1.82, 2.24) is 15.2 Å². The van der Waals surface area contributed by atoms with E-state index in [-0.39, 0.29) is 23.1 Å². The lowest BCUT2D eigenvalue weighted by molar-refractivity contribution is -0.131. The number of carbonyl (C=O) groups is 2. The Morgan fingerprint density at radius 3 is 2.44 bits per heavy atom. The predicted octanol–water partition coefficient (Wildman–Crippen LogP) is 1.85. The summed E-state index contributed by atoms with van der Waals surface area (Å²) in [4.78, 5) is 24.8. The third-order valence-corrected chi connectivity index (χ3v) is 7.59. The summed E-state index contributed by atoms with van der Waals surface area (Å²) in [5.74, 6) is -0.142. The number of rotatable bonds is 4. The van der Waals surface area contributed by atoms with Crippen molar-refractivity contribution in [2.24, 2.45) is 0 Å². The van der Waals surface area contributed by atoms with Crippen molar-refractivity contribution < 1.29 is 27.5 Å². The second-order valence-corrected chi connectivity index (χ2v) is 9.68. The lowest BCUT2D eigenvalue weighted by atomic mass is 10.1. The van der Waals surface area contributed by atoms with E-state index in [9.17, 15) is 18.0 Å². The molecule has 10 heteroatoms. The molecule has 0 radical (unpaired) electrons. The molecule has 1 saturated heterocycles. The first-order valence-corrected chi connectivity index (χ1v) is 11.9. The molecule has 2 aliphatic rings. The molecule has 0 spiro atoms. The Balaban J connectivity index is 1.35. The van der Waals surface area contributed by atoms with Crippen LogP contribution in [0.1, 0.15) is 36.5 Å². The van der Waals surface area contributed by atoms with Crippen LogP contribution < -0.4 is 20.3 Å².